The van der Waals surface area contributed by atoms with Crippen LogP contribution in [-0.2, 0) is 0 Å². The fraction of sp³-hybridized carbons (Fsp3) is 0.500. The normalized spacial score (nSPS) is 18.3. The number of hydrogen-bond acceptors (Lipinski definition) is 2. The molecule has 0 aliphatic carbocycles. The summed E-state index contributed by atoms with van der Waals surface area (Å²) in [5, 5.41) is 6.25. The van der Waals surface area contributed by atoms with Gasteiger partial charge in [-0.25, -0.2) is 4.79 Å². The van der Waals surface area contributed by atoms with E-state index in [1.165, 1.54) is 5.56 Å². The van der Waals surface area contributed by atoms with Gasteiger partial charge < -0.3 is 10.6 Å². The molecule has 4 nitrogen and oxygen atoms in total. The summed E-state index contributed by atoms with van der Waals surface area (Å²) in [4.78, 5) is 13.7. The number of anilines is 1. The van der Waals surface area contributed by atoms with Crippen LogP contribution in [0.15, 0.2) is 24.3 Å². The molecule has 2 amide bonds. The molecule has 1 aromatic carbocycles. The molecule has 2 N–H and O–H groups in total. The van der Waals surface area contributed by atoms with Crippen molar-refractivity contribution in [2.24, 2.45) is 0 Å². The lowest BCUT2D eigenvalue weighted by Gasteiger charge is -2.34. The quantitative estimate of drug-likeness (QED) is 0.860. The molecule has 98 valence electrons. The van der Waals surface area contributed by atoms with Crippen LogP contribution in [0.2, 0.25) is 0 Å². The monoisotopic (exact) mass is 247 g/mol. The van der Waals surface area contributed by atoms with Gasteiger partial charge >= 0.3 is 6.03 Å². The molecule has 0 fully saturated rings. The number of benzene rings is 1. The van der Waals surface area contributed by atoms with Gasteiger partial charge in [-0.3, -0.25) is 4.90 Å². The van der Waals surface area contributed by atoms with Crippen LogP contribution in [-0.4, -0.2) is 26.2 Å². The molecular formula is C14H21N3O. The third-order valence-corrected chi connectivity index (χ3v) is 3.34. The Labute approximate surface area is 108 Å². The molecule has 0 saturated carbocycles. The molecule has 1 aliphatic heterocycles. The van der Waals surface area contributed by atoms with E-state index in [2.05, 4.69) is 23.6 Å². The SMILES string of the molecule is CCCNC1CCN(C(=O)NC)c2ccccc21. The van der Waals surface area contributed by atoms with E-state index in [9.17, 15) is 4.79 Å². The molecule has 0 saturated heterocycles. The van der Waals surface area contributed by atoms with Crippen molar-refractivity contribution < 1.29 is 4.79 Å². The average Bonchev–Trinajstić information content (AvgIpc) is 2.43. The third-order valence-electron chi connectivity index (χ3n) is 3.34. The van der Waals surface area contributed by atoms with Gasteiger partial charge in [0.15, 0.2) is 0 Å². The second-order valence-electron chi connectivity index (χ2n) is 4.56. The van der Waals surface area contributed by atoms with E-state index in [1.807, 2.05) is 23.1 Å². The van der Waals surface area contributed by atoms with Crippen LogP contribution >= 0.6 is 0 Å². The summed E-state index contributed by atoms with van der Waals surface area (Å²) < 4.78 is 0. The van der Waals surface area contributed by atoms with E-state index < -0.39 is 0 Å². The zero-order chi connectivity index (χ0) is 13.0. The van der Waals surface area contributed by atoms with Crippen LogP contribution in [0.5, 0.6) is 0 Å². The van der Waals surface area contributed by atoms with Crippen molar-refractivity contribution >= 4 is 11.7 Å². The van der Waals surface area contributed by atoms with Gasteiger partial charge in [0.2, 0.25) is 0 Å². The van der Waals surface area contributed by atoms with Crippen molar-refractivity contribution in [2.45, 2.75) is 25.8 Å². The van der Waals surface area contributed by atoms with Gasteiger partial charge in [-0.15, -0.1) is 0 Å². The highest BCUT2D eigenvalue weighted by Gasteiger charge is 2.27. The third kappa shape index (κ3) is 2.48. The maximum atomic E-state index is 11.8. The van der Waals surface area contributed by atoms with E-state index >= 15 is 0 Å². The number of carbonyl (C=O) groups excluding carboxylic acids is 1. The fourth-order valence-corrected chi connectivity index (χ4v) is 2.44. The highest BCUT2D eigenvalue weighted by molar-refractivity contribution is 5.93. The molecule has 1 heterocycles. The molecule has 0 aromatic heterocycles. The Morgan fingerprint density at radius 3 is 2.94 bits per heavy atom. The Morgan fingerprint density at radius 1 is 1.44 bits per heavy atom. The fourth-order valence-electron chi connectivity index (χ4n) is 2.44. The van der Waals surface area contributed by atoms with Crippen LogP contribution in [0.25, 0.3) is 0 Å². The van der Waals surface area contributed by atoms with Gasteiger partial charge in [0.1, 0.15) is 0 Å². The predicted molar refractivity (Wildman–Crippen MR) is 73.9 cm³/mol. The standard InChI is InChI=1S/C14H21N3O/c1-3-9-16-12-8-10-17(14(18)15-2)13-7-5-4-6-11(12)13/h4-7,12,16H,3,8-10H2,1-2H3,(H,15,18). The Kier molecular flexibility index (Phi) is 4.20. The second kappa shape index (κ2) is 5.87. The number of para-hydroxylation sites is 1. The van der Waals surface area contributed by atoms with Crippen LogP contribution in [0.3, 0.4) is 0 Å². The summed E-state index contributed by atoms with van der Waals surface area (Å²) in [7, 11) is 1.67. The van der Waals surface area contributed by atoms with Gasteiger partial charge in [-0.1, -0.05) is 25.1 Å². The van der Waals surface area contributed by atoms with Gasteiger partial charge in [-0.2, -0.15) is 0 Å². The lowest BCUT2D eigenvalue weighted by atomic mass is 9.96. The first-order chi connectivity index (χ1) is 8.77. The van der Waals surface area contributed by atoms with E-state index in [1.54, 1.807) is 7.05 Å². The van der Waals surface area contributed by atoms with E-state index in [0.717, 1.165) is 31.6 Å². The minimum atomic E-state index is -0.0311. The number of nitrogens with zero attached hydrogens (tertiary/aromatic N) is 1. The summed E-state index contributed by atoms with van der Waals surface area (Å²) in [5.41, 5.74) is 2.25. The molecule has 1 aromatic rings. The van der Waals surface area contributed by atoms with Crippen LogP contribution in [0.4, 0.5) is 10.5 Å². The number of amides is 2. The smallest absolute Gasteiger partial charge is 0.321 e. The summed E-state index contributed by atoms with van der Waals surface area (Å²) in [5.74, 6) is 0. The van der Waals surface area contributed by atoms with Crippen molar-refractivity contribution in [2.75, 3.05) is 25.0 Å². The zero-order valence-corrected chi connectivity index (χ0v) is 11.1. The highest BCUT2D eigenvalue weighted by Crippen LogP contribution is 2.33. The van der Waals surface area contributed by atoms with Crippen molar-refractivity contribution in [1.29, 1.82) is 0 Å². The maximum Gasteiger partial charge on any atom is 0.321 e. The zero-order valence-electron chi connectivity index (χ0n) is 11.1. The Bertz CT molecular complexity index is 419. The van der Waals surface area contributed by atoms with Gasteiger partial charge in [-0.05, 0) is 31.0 Å². The van der Waals surface area contributed by atoms with Gasteiger partial charge in [0, 0.05) is 19.6 Å². The van der Waals surface area contributed by atoms with Crippen LogP contribution in [0, 0.1) is 0 Å². The topological polar surface area (TPSA) is 44.4 Å². The second-order valence-corrected chi connectivity index (χ2v) is 4.56. The minimum Gasteiger partial charge on any atom is -0.341 e. The number of urea groups is 1. The number of hydrogen-bond donors (Lipinski definition) is 2. The van der Waals surface area contributed by atoms with E-state index in [-0.39, 0.29) is 6.03 Å². The first-order valence-electron chi connectivity index (χ1n) is 6.59. The predicted octanol–water partition coefficient (Wildman–Crippen LogP) is 2.28. The maximum absolute atomic E-state index is 11.8. The molecule has 0 radical (unpaired) electrons. The Balaban J connectivity index is 2.25. The summed E-state index contributed by atoms with van der Waals surface area (Å²) in [6, 6.07) is 8.48. The molecule has 1 atom stereocenters. The van der Waals surface area contributed by atoms with Crippen molar-refractivity contribution in [3.63, 3.8) is 0 Å². The Morgan fingerprint density at radius 2 is 2.22 bits per heavy atom. The molecule has 18 heavy (non-hydrogen) atoms. The number of carbonyl (C=O) groups is 1. The van der Waals surface area contributed by atoms with Crippen molar-refractivity contribution in [1.82, 2.24) is 10.6 Å². The molecule has 0 bridgehead atoms. The molecule has 1 aliphatic rings. The molecule has 0 spiro atoms. The van der Waals surface area contributed by atoms with Crippen LogP contribution < -0.4 is 15.5 Å². The largest absolute Gasteiger partial charge is 0.341 e. The molecule has 4 heteroatoms. The van der Waals surface area contributed by atoms with Crippen molar-refractivity contribution in [3.05, 3.63) is 29.8 Å². The highest BCUT2D eigenvalue weighted by atomic mass is 16.2. The van der Waals surface area contributed by atoms with Gasteiger partial charge in [0.05, 0.1) is 5.69 Å². The van der Waals surface area contributed by atoms with Gasteiger partial charge in [0.25, 0.3) is 0 Å². The lowest BCUT2D eigenvalue weighted by Crippen LogP contribution is -2.43. The van der Waals surface area contributed by atoms with Crippen molar-refractivity contribution in [3.8, 4) is 0 Å². The number of rotatable bonds is 3. The number of nitrogens with one attached hydrogen (secondary N) is 2. The molecule has 2 rings (SSSR count). The average molecular weight is 247 g/mol. The first kappa shape index (κ1) is 12.9. The summed E-state index contributed by atoms with van der Waals surface area (Å²) in [6.07, 6.45) is 2.09. The molecule has 1 unspecified atom stereocenters. The Hall–Kier alpha value is -1.55. The van der Waals surface area contributed by atoms with E-state index in [4.69, 9.17) is 0 Å². The van der Waals surface area contributed by atoms with E-state index in [0.29, 0.717) is 6.04 Å². The first-order valence-corrected chi connectivity index (χ1v) is 6.59. The lowest BCUT2D eigenvalue weighted by molar-refractivity contribution is 0.247. The summed E-state index contributed by atoms with van der Waals surface area (Å²) >= 11 is 0. The van der Waals surface area contributed by atoms with Crippen LogP contribution in [0.1, 0.15) is 31.4 Å². The molecular weight excluding hydrogens is 226 g/mol. The summed E-state index contributed by atoms with van der Waals surface area (Å²) in [6.45, 7) is 3.94. The minimum absolute atomic E-state index is 0.0311. The number of fused-ring (bicyclic) bond motifs is 1.